The van der Waals surface area contributed by atoms with Crippen LogP contribution in [0.2, 0.25) is 0 Å². The number of fused-ring (bicyclic) bond motifs is 2. The van der Waals surface area contributed by atoms with Gasteiger partial charge in [0.05, 0.1) is 10.8 Å². The number of amides is 2. The number of nitrogens with zero attached hydrogens (tertiary/aromatic N) is 1. The SMILES string of the molecule is Cc1ccc2c(c1)[C@@](C)(C(C)C)C(=O)N2CC(C)[C@@]1(C)C(=O)Nc2c(C)cccc21. The average Bonchev–Trinajstić information content (AvgIpc) is 3.08. The molecule has 0 bridgehead atoms. The van der Waals surface area contributed by atoms with Crippen molar-refractivity contribution in [2.75, 3.05) is 16.8 Å². The lowest BCUT2D eigenvalue weighted by Gasteiger charge is -2.34. The van der Waals surface area contributed by atoms with Gasteiger partial charge in [-0.25, -0.2) is 0 Å². The molecule has 0 fully saturated rings. The summed E-state index contributed by atoms with van der Waals surface area (Å²) >= 11 is 0. The third-order valence-corrected chi connectivity index (χ3v) is 7.83. The number of hydrogen-bond acceptors (Lipinski definition) is 2. The van der Waals surface area contributed by atoms with E-state index in [0.29, 0.717) is 6.54 Å². The molecule has 4 heteroatoms. The zero-order valence-electron chi connectivity index (χ0n) is 19.1. The standard InChI is InChI=1S/C26H32N2O2/c1-15(2)25(6)20-13-16(3)11-12-21(20)28(24(25)30)14-18(5)26(7)19-10-8-9-17(4)22(19)27-23(26)29/h8-13,15,18H,14H2,1-7H3,(H,27,29)/t18?,25-,26-/m1/s1. The molecule has 2 aromatic rings. The van der Waals surface area contributed by atoms with E-state index in [-0.39, 0.29) is 23.7 Å². The Labute approximate surface area is 179 Å². The van der Waals surface area contributed by atoms with Crippen molar-refractivity contribution in [1.29, 1.82) is 0 Å². The van der Waals surface area contributed by atoms with Crippen molar-refractivity contribution in [2.45, 2.75) is 59.3 Å². The fourth-order valence-electron chi connectivity index (χ4n) is 5.12. The van der Waals surface area contributed by atoms with Gasteiger partial charge in [0.25, 0.3) is 0 Å². The Kier molecular flexibility index (Phi) is 4.61. The molecule has 158 valence electrons. The highest BCUT2D eigenvalue weighted by atomic mass is 16.2. The Morgan fingerprint density at radius 2 is 1.67 bits per heavy atom. The van der Waals surface area contributed by atoms with E-state index in [1.807, 2.05) is 36.9 Å². The molecule has 0 saturated heterocycles. The van der Waals surface area contributed by atoms with Crippen LogP contribution < -0.4 is 10.2 Å². The lowest BCUT2D eigenvalue weighted by Crippen LogP contribution is -2.47. The van der Waals surface area contributed by atoms with Crippen molar-refractivity contribution in [1.82, 2.24) is 0 Å². The van der Waals surface area contributed by atoms with Crippen LogP contribution in [-0.2, 0) is 20.4 Å². The van der Waals surface area contributed by atoms with Crippen LogP contribution in [0.3, 0.4) is 0 Å². The fraction of sp³-hybridized carbons (Fsp3) is 0.462. The van der Waals surface area contributed by atoms with Crippen molar-refractivity contribution in [3.05, 3.63) is 58.7 Å². The lowest BCUT2D eigenvalue weighted by atomic mass is 9.72. The Morgan fingerprint density at radius 1 is 0.967 bits per heavy atom. The molecule has 30 heavy (non-hydrogen) atoms. The fourth-order valence-corrected chi connectivity index (χ4v) is 5.12. The molecule has 4 rings (SSSR count). The molecule has 2 aliphatic heterocycles. The van der Waals surface area contributed by atoms with Gasteiger partial charge in [0.15, 0.2) is 0 Å². The monoisotopic (exact) mass is 404 g/mol. The van der Waals surface area contributed by atoms with Gasteiger partial charge in [-0.15, -0.1) is 0 Å². The van der Waals surface area contributed by atoms with Crippen LogP contribution in [0.25, 0.3) is 0 Å². The maximum absolute atomic E-state index is 13.7. The molecule has 0 aliphatic carbocycles. The summed E-state index contributed by atoms with van der Waals surface area (Å²) in [6, 6.07) is 12.4. The highest BCUT2D eigenvalue weighted by Crippen LogP contribution is 2.49. The maximum atomic E-state index is 13.7. The highest BCUT2D eigenvalue weighted by molar-refractivity contribution is 6.09. The molecule has 1 unspecified atom stereocenters. The average molecular weight is 405 g/mol. The molecule has 2 aliphatic rings. The topological polar surface area (TPSA) is 49.4 Å². The van der Waals surface area contributed by atoms with Crippen LogP contribution in [0.15, 0.2) is 36.4 Å². The molecular weight excluding hydrogens is 372 g/mol. The molecule has 2 heterocycles. The summed E-state index contributed by atoms with van der Waals surface area (Å²) in [5, 5.41) is 3.09. The summed E-state index contributed by atoms with van der Waals surface area (Å²) in [6.45, 7) is 15.0. The second kappa shape index (κ2) is 6.69. The van der Waals surface area contributed by atoms with E-state index in [2.05, 4.69) is 58.1 Å². The van der Waals surface area contributed by atoms with Gasteiger partial charge in [-0.3, -0.25) is 9.59 Å². The van der Waals surface area contributed by atoms with E-state index >= 15 is 0 Å². The molecule has 1 N–H and O–H groups in total. The van der Waals surface area contributed by atoms with Gasteiger partial charge in [-0.05, 0) is 62.3 Å². The van der Waals surface area contributed by atoms with Crippen LogP contribution in [0, 0.1) is 25.7 Å². The van der Waals surface area contributed by atoms with Crippen molar-refractivity contribution >= 4 is 23.2 Å². The number of anilines is 2. The van der Waals surface area contributed by atoms with E-state index in [1.165, 1.54) is 0 Å². The highest BCUT2D eigenvalue weighted by Gasteiger charge is 2.52. The van der Waals surface area contributed by atoms with Crippen molar-refractivity contribution in [3.63, 3.8) is 0 Å². The largest absolute Gasteiger partial charge is 0.325 e. The van der Waals surface area contributed by atoms with E-state index < -0.39 is 10.8 Å². The quantitative estimate of drug-likeness (QED) is 0.770. The summed E-state index contributed by atoms with van der Waals surface area (Å²) in [4.78, 5) is 28.7. The zero-order chi connectivity index (χ0) is 22.0. The van der Waals surface area contributed by atoms with Gasteiger partial charge in [-0.2, -0.15) is 0 Å². The number of para-hydroxylation sites is 1. The Hall–Kier alpha value is -2.62. The third-order valence-electron chi connectivity index (χ3n) is 7.83. The Balaban J connectivity index is 1.75. The molecule has 0 saturated carbocycles. The van der Waals surface area contributed by atoms with Crippen LogP contribution >= 0.6 is 0 Å². The van der Waals surface area contributed by atoms with Crippen LogP contribution in [0.5, 0.6) is 0 Å². The summed E-state index contributed by atoms with van der Waals surface area (Å²) in [5.74, 6) is 0.283. The summed E-state index contributed by atoms with van der Waals surface area (Å²) < 4.78 is 0. The summed E-state index contributed by atoms with van der Waals surface area (Å²) in [7, 11) is 0. The van der Waals surface area contributed by atoms with Crippen molar-refractivity contribution in [3.8, 4) is 0 Å². The maximum Gasteiger partial charge on any atom is 0.237 e. The molecule has 0 radical (unpaired) electrons. The molecule has 0 spiro atoms. The van der Waals surface area contributed by atoms with E-state index in [0.717, 1.165) is 33.6 Å². The molecule has 4 nitrogen and oxygen atoms in total. The number of hydrogen-bond donors (Lipinski definition) is 1. The second-order valence-electron chi connectivity index (χ2n) is 9.85. The number of aryl methyl sites for hydroxylation is 2. The first-order valence-corrected chi connectivity index (χ1v) is 10.9. The van der Waals surface area contributed by atoms with E-state index in [1.54, 1.807) is 0 Å². The zero-order valence-corrected chi connectivity index (χ0v) is 19.1. The Bertz CT molecular complexity index is 1060. The molecule has 0 aromatic heterocycles. The van der Waals surface area contributed by atoms with Crippen LogP contribution in [0.4, 0.5) is 11.4 Å². The number of benzene rings is 2. The summed E-state index contributed by atoms with van der Waals surface area (Å²) in [5.41, 5.74) is 5.05. The van der Waals surface area contributed by atoms with Crippen molar-refractivity contribution in [2.24, 2.45) is 11.8 Å². The minimum absolute atomic E-state index is 0.0155. The van der Waals surface area contributed by atoms with Gasteiger partial charge in [-0.1, -0.05) is 56.7 Å². The first-order valence-electron chi connectivity index (χ1n) is 10.9. The predicted octanol–water partition coefficient (Wildman–Crippen LogP) is 5.11. The van der Waals surface area contributed by atoms with Crippen molar-refractivity contribution < 1.29 is 9.59 Å². The normalized spacial score (nSPS) is 26.1. The minimum atomic E-state index is -0.677. The minimum Gasteiger partial charge on any atom is -0.325 e. The van der Waals surface area contributed by atoms with Crippen LogP contribution in [0.1, 0.15) is 56.9 Å². The smallest absolute Gasteiger partial charge is 0.237 e. The molecule has 2 aromatic carbocycles. The third kappa shape index (κ3) is 2.59. The number of carbonyl (C=O) groups excluding carboxylic acids is 2. The lowest BCUT2D eigenvalue weighted by molar-refractivity contribution is -0.125. The number of carbonyl (C=O) groups is 2. The molecule has 2 amide bonds. The molecule has 3 atom stereocenters. The first-order chi connectivity index (χ1) is 14.0. The number of rotatable bonds is 4. The van der Waals surface area contributed by atoms with Gasteiger partial charge in [0.2, 0.25) is 11.8 Å². The van der Waals surface area contributed by atoms with Crippen LogP contribution in [-0.4, -0.2) is 18.4 Å². The molecular formula is C26H32N2O2. The van der Waals surface area contributed by atoms with Gasteiger partial charge in [0.1, 0.15) is 0 Å². The van der Waals surface area contributed by atoms with Gasteiger partial charge >= 0.3 is 0 Å². The van der Waals surface area contributed by atoms with Gasteiger partial charge in [0, 0.05) is 17.9 Å². The van der Waals surface area contributed by atoms with E-state index in [9.17, 15) is 9.59 Å². The van der Waals surface area contributed by atoms with Gasteiger partial charge < -0.3 is 10.2 Å². The predicted molar refractivity (Wildman–Crippen MR) is 122 cm³/mol. The number of nitrogens with one attached hydrogen (secondary N) is 1. The second-order valence-corrected chi connectivity index (χ2v) is 9.85. The van der Waals surface area contributed by atoms with E-state index in [4.69, 9.17) is 0 Å². The first kappa shape index (κ1) is 20.6. The Morgan fingerprint density at radius 3 is 2.33 bits per heavy atom. The summed E-state index contributed by atoms with van der Waals surface area (Å²) in [6.07, 6.45) is 0.